The Kier molecular flexibility index (Phi) is 6.06. The molecular formula is C21H17ClN6OS. The molecule has 150 valence electrons. The smallest absolute Gasteiger partial charge is 0.234 e. The highest BCUT2D eigenvalue weighted by molar-refractivity contribution is 7.99. The Morgan fingerprint density at radius 3 is 2.70 bits per heavy atom. The van der Waals surface area contributed by atoms with Gasteiger partial charge in [-0.15, -0.1) is 10.2 Å². The minimum Gasteiger partial charge on any atom is -0.325 e. The van der Waals surface area contributed by atoms with E-state index in [0.29, 0.717) is 27.4 Å². The quantitative estimate of drug-likeness (QED) is 0.450. The normalized spacial score (nSPS) is 10.7. The summed E-state index contributed by atoms with van der Waals surface area (Å²) in [6.07, 6.45) is 4.84. The number of hydrogen-bond donors (Lipinski definition) is 1. The van der Waals surface area contributed by atoms with Crippen LogP contribution in [-0.2, 0) is 4.79 Å². The summed E-state index contributed by atoms with van der Waals surface area (Å²) in [5, 5.41) is 12.6. The molecule has 4 aromatic rings. The molecule has 0 bridgehead atoms. The first-order chi connectivity index (χ1) is 14.6. The van der Waals surface area contributed by atoms with Gasteiger partial charge in [0.25, 0.3) is 0 Å². The molecule has 30 heavy (non-hydrogen) atoms. The average Bonchev–Trinajstić information content (AvgIpc) is 3.17. The van der Waals surface area contributed by atoms with E-state index in [0.717, 1.165) is 11.3 Å². The second-order valence-corrected chi connectivity index (χ2v) is 7.79. The highest BCUT2D eigenvalue weighted by atomic mass is 35.5. The number of nitrogens with one attached hydrogen (secondary N) is 1. The summed E-state index contributed by atoms with van der Waals surface area (Å²) in [6, 6.07) is 15.0. The molecule has 2 heterocycles. The Labute approximate surface area is 182 Å². The molecule has 7 nitrogen and oxygen atoms in total. The lowest BCUT2D eigenvalue weighted by atomic mass is 10.2. The van der Waals surface area contributed by atoms with Crippen LogP contribution in [0.3, 0.4) is 0 Å². The van der Waals surface area contributed by atoms with Crippen molar-refractivity contribution >= 4 is 35.0 Å². The number of rotatable bonds is 6. The van der Waals surface area contributed by atoms with Crippen LogP contribution in [0.5, 0.6) is 0 Å². The number of carbonyl (C=O) groups excluding carboxylic acids is 1. The zero-order valence-corrected chi connectivity index (χ0v) is 17.6. The first kappa shape index (κ1) is 20.1. The van der Waals surface area contributed by atoms with E-state index in [2.05, 4.69) is 25.5 Å². The van der Waals surface area contributed by atoms with E-state index < -0.39 is 0 Å². The maximum atomic E-state index is 12.4. The molecule has 0 atom stereocenters. The van der Waals surface area contributed by atoms with E-state index >= 15 is 0 Å². The molecule has 0 fully saturated rings. The van der Waals surface area contributed by atoms with Crippen molar-refractivity contribution in [3.05, 3.63) is 77.7 Å². The van der Waals surface area contributed by atoms with Gasteiger partial charge in [0.2, 0.25) is 5.91 Å². The number of hydrogen-bond acceptors (Lipinski definition) is 6. The maximum absolute atomic E-state index is 12.4. The third-order valence-electron chi connectivity index (χ3n) is 4.16. The molecule has 0 saturated heterocycles. The van der Waals surface area contributed by atoms with Crippen molar-refractivity contribution < 1.29 is 4.79 Å². The second kappa shape index (κ2) is 9.06. The van der Waals surface area contributed by atoms with Crippen LogP contribution in [-0.4, -0.2) is 36.4 Å². The Hall–Kier alpha value is -3.23. The monoisotopic (exact) mass is 436 g/mol. The molecule has 9 heteroatoms. The van der Waals surface area contributed by atoms with Crippen LogP contribution in [0.2, 0.25) is 5.02 Å². The summed E-state index contributed by atoms with van der Waals surface area (Å²) in [5.74, 6) is 0.559. The molecule has 1 amide bonds. The molecule has 0 saturated carbocycles. The molecule has 0 radical (unpaired) electrons. The molecule has 0 unspecified atom stereocenters. The van der Waals surface area contributed by atoms with Gasteiger partial charge in [-0.1, -0.05) is 47.1 Å². The minimum atomic E-state index is -0.165. The summed E-state index contributed by atoms with van der Waals surface area (Å²) in [5.41, 5.74) is 3.26. The number of carbonyl (C=O) groups is 1. The molecule has 0 aliphatic carbocycles. The number of benzene rings is 2. The van der Waals surface area contributed by atoms with E-state index in [9.17, 15) is 4.79 Å². The van der Waals surface area contributed by atoms with E-state index in [4.69, 9.17) is 11.6 Å². The van der Waals surface area contributed by atoms with Crippen molar-refractivity contribution in [2.24, 2.45) is 0 Å². The summed E-state index contributed by atoms with van der Waals surface area (Å²) in [4.78, 5) is 20.9. The predicted molar refractivity (Wildman–Crippen MR) is 118 cm³/mol. The van der Waals surface area contributed by atoms with Gasteiger partial charge >= 0.3 is 0 Å². The van der Waals surface area contributed by atoms with Crippen LogP contribution in [0.1, 0.15) is 5.56 Å². The van der Waals surface area contributed by atoms with Crippen LogP contribution >= 0.6 is 23.4 Å². The van der Waals surface area contributed by atoms with E-state index in [-0.39, 0.29) is 11.7 Å². The zero-order valence-electron chi connectivity index (χ0n) is 16.0. The molecule has 0 aliphatic heterocycles. The van der Waals surface area contributed by atoms with E-state index in [1.165, 1.54) is 11.8 Å². The molecular weight excluding hydrogens is 420 g/mol. The van der Waals surface area contributed by atoms with Gasteiger partial charge in [-0.2, -0.15) is 0 Å². The molecule has 1 N–H and O–H groups in total. The van der Waals surface area contributed by atoms with Crippen LogP contribution in [0.15, 0.2) is 72.3 Å². The molecule has 2 aromatic heterocycles. The fourth-order valence-electron chi connectivity index (χ4n) is 2.76. The van der Waals surface area contributed by atoms with Gasteiger partial charge in [-0.25, -0.2) is 4.98 Å². The van der Waals surface area contributed by atoms with Crippen molar-refractivity contribution in [2.45, 2.75) is 12.1 Å². The third kappa shape index (κ3) is 4.67. The largest absolute Gasteiger partial charge is 0.325 e. The first-order valence-electron chi connectivity index (χ1n) is 9.07. The van der Waals surface area contributed by atoms with Crippen LogP contribution in [0, 0.1) is 6.92 Å². The van der Waals surface area contributed by atoms with Crippen molar-refractivity contribution in [3.63, 3.8) is 0 Å². The maximum Gasteiger partial charge on any atom is 0.234 e. The lowest BCUT2D eigenvalue weighted by Crippen LogP contribution is -2.14. The summed E-state index contributed by atoms with van der Waals surface area (Å²) in [6.45, 7) is 2.02. The van der Waals surface area contributed by atoms with Gasteiger partial charge in [0, 0.05) is 28.8 Å². The van der Waals surface area contributed by atoms with Gasteiger partial charge in [0.1, 0.15) is 5.69 Å². The van der Waals surface area contributed by atoms with E-state index in [1.54, 1.807) is 42.9 Å². The topological polar surface area (TPSA) is 85.6 Å². The Balaban J connectivity index is 1.59. The first-order valence-corrected chi connectivity index (χ1v) is 10.4. The summed E-state index contributed by atoms with van der Waals surface area (Å²) < 4.78 is 1.88. The predicted octanol–water partition coefficient (Wildman–Crippen LogP) is 4.42. The zero-order chi connectivity index (χ0) is 20.9. The van der Waals surface area contributed by atoms with Gasteiger partial charge in [0.05, 0.1) is 11.9 Å². The highest BCUT2D eigenvalue weighted by Crippen LogP contribution is 2.27. The lowest BCUT2D eigenvalue weighted by molar-refractivity contribution is -0.113. The number of halogens is 1. The van der Waals surface area contributed by atoms with E-state index in [1.807, 2.05) is 35.8 Å². The number of amides is 1. The van der Waals surface area contributed by atoms with Crippen LogP contribution in [0.25, 0.3) is 17.2 Å². The van der Waals surface area contributed by atoms with Crippen LogP contribution in [0.4, 0.5) is 5.69 Å². The van der Waals surface area contributed by atoms with Gasteiger partial charge in [-0.3, -0.25) is 14.3 Å². The SMILES string of the molecule is Cc1ccc(-n2c(SCC(=O)Nc3cccc(Cl)c3)nnc2-c2cnccn2)cc1. The van der Waals surface area contributed by atoms with Crippen molar-refractivity contribution in [3.8, 4) is 17.2 Å². The van der Waals surface area contributed by atoms with Gasteiger partial charge < -0.3 is 5.32 Å². The fourth-order valence-corrected chi connectivity index (χ4v) is 3.71. The van der Waals surface area contributed by atoms with Gasteiger partial charge in [-0.05, 0) is 37.3 Å². The summed E-state index contributed by atoms with van der Waals surface area (Å²) >= 11 is 7.26. The van der Waals surface area contributed by atoms with Crippen molar-refractivity contribution in [1.82, 2.24) is 24.7 Å². The Morgan fingerprint density at radius 2 is 1.97 bits per heavy atom. The molecule has 0 aliphatic rings. The van der Waals surface area contributed by atoms with Crippen molar-refractivity contribution in [2.75, 3.05) is 11.1 Å². The number of anilines is 1. The lowest BCUT2D eigenvalue weighted by Gasteiger charge is -2.10. The minimum absolute atomic E-state index is 0.164. The third-order valence-corrected chi connectivity index (χ3v) is 5.32. The highest BCUT2D eigenvalue weighted by Gasteiger charge is 2.18. The number of nitrogens with zero attached hydrogens (tertiary/aromatic N) is 5. The fraction of sp³-hybridized carbons (Fsp3) is 0.0952. The Bertz CT molecular complexity index is 1160. The number of aryl methyl sites for hydroxylation is 1. The van der Waals surface area contributed by atoms with Crippen LogP contribution < -0.4 is 5.32 Å². The molecule has 2 aromatic carbocycles. The molecule has 4 rings (SSSR count). The summed E-state index contributed by atoms with van der Waals surface area (Å²) in [7, 11) is 0. The number of thioether (sulfide) groups is 1. The number of aromatic nitrogens is 5. The standard InChI is InChI=1S/C21H17ClN6OS/c1-14-5-7-17(8-6-14)28-20(18-12-23-9-10-24-18)26-27-21(28)30-13-19(29)25-16-4-2-3-15(22)11-16/h2-12H,13H2,1H3,(H,25,29). The van der Waals surface area contributed by atoms with Gasteiger partial charge in [0.15, 0.2) is 11.0 Å². The Morgan fingerprint density at radius 1 is 1.13 bits per heavy atom. The molecule has 0 spiro atoms. The van der Waals surface area contributed by atoms with Crippen molar-refractivity contribution in [1.29, 1.82) is 0 Å². The average molecular weight is 437 g/mol. The second-order valence-electron chi connectivity index (χ2n) is 6.41.